The topological polar surface area (TPSA) is 192 Å². The van der Waals surface area contributed by atoms with Crippen molar-refractivity contribution in [1.82, 2.24) is 15.3 Å². The number of nitrogens with one attached hydrogen (secondary N) is 2. The molecule has 4 aliphatic rings. The number of carboxylic acids is 1. The molecular formula is C38H53N3O9. The van der Waals surface area contributed by atoms with Crippen molar-refractivity contribution in [2.45, 2.75) is 133 Å². The van der Waals surface area contributed by atoms with E-state index < -0.39 is 17.6 Å². The zero-order valence-corrected chi connectivity index (χ0v) is 29.1. The van der Waals surface area contributed by atoms with Crippen LogP contribution in [0.2, 0.25) is 0 Å². The fourth-order valence-corrected chi connectivity index (χ4v) is 10.7. The number of aromatic nitrogens is 2. The first kappa shape index (κ1) is 36.3. The molecule has 2 aromatic rings. The van der Waals surface area contributed by atoms with Gasteiger partial charge in [-0.2, -0.15) is 0 Å². The van der Waals surface area contributed by atoms with Gasteiger partial charge in [0, 0.05) is 49.2 Å². The summed E-state index contributed by atoms with van der Waals surface area (Å²) in [6, 6.07) is 2.30. The predicted octanol–water partition coefficient (Wildman–Crippen LogP) is 4.64. The molecule has 4 aliphatic carbocycles. The Labute approximate surface area is 292 Å². The molecule has 2 aromatic heterocycles. The second kappa shape index (κ2) is 15.0. The summed E-state index contributed by atoms with van der Waals surface area (Å²) in [6.07, 6.45) is 15.2. The summed E-state index contributed by atoms with van der Waals surface area (Å²) >= 11 is 0. The smallest absolute Gasteiger partial charge is 0.335 e. The first-order valence-electron chi connectivity index (χ1n) is 18.6. The number of carbonyl (C=O) groups excluding carboxylic acids is 2. The van der Waals surface area contributed by atoms with E-state index in [-0.39, 0.29) is 77.6 Å². The van der Waals surface area contributed by atoms with E-state index >= 15 is 0 Å². The molecule has 9 atom stereocenters. The number of fused-ring (bicyclic) bond motifs is 5. The number of aromatic amines is 1. The Balaban J connectivity index is 0.941. The van der Waals surface area contributed by atoms with Crippen LogP contribution in [0.1, 0.15) is 120 Å². The summed E-state index contributed by atoms with van der Waals surface area (Å²) in [7, 11) is 0. The number of aliphatic hydroxyl groups is 2. The Morgan fingerprint density at radius 1 is 1.04 bits per heavy atom. The molecule has 12 heteroatoms. The van der Waals surface area contributed by atoms with Gasteiger partial charge in [0.2, 0.25) is 5.91 Å². The number of esters is 1. The first-order valence-corrected chi connectivity index (χ1v) is 18.6. The predicted molar refractivity (Wildman–Crippen MR) is 182 cm³/mol. The van der Waals surface area contributed by atoms with Gasteiger partial charge in [-0.25, -0.2) is 14.6 Å². The molecule has 5 N–H and O–H groups in total. The van der Waals surface area contributed by atoms with Crippen molar-refractivity contribution < 1.29 is 38.9 Å². The lowest BCUT2D eigenvalue weighted by molar-refractivity contribution is -0.219. The maximum Gasteiger partial charge on any atom is 0.335 e. The Bertz CT molecular complexity index is 1540. The van der Waals surface area contributed by atoms with Gasteiger partial charge in [0.1, 0.15) is 12.1 Å². The van der Waals surface area contributed by atoms with Crippen LogP contribution in [0.5, 0.6) is 0 Å². The molecule has 0 bridgehead atoms. The van der Waals surface area contributed by atoms with Crippen LogP contribution in [0.25, 0.3) is 0 Å². The van der Waals surface area contributed by atoms with Gasteiger partial charge < -0.3 is 34.8 Å². The first-order chi connectivity index (χ1) is 24.0. The normalized spacial score (nSPS) is 33.8. The number of ether oxygens (including phenoxy) is 1. The maximum atomic E-state index is 12.8. The van der Waals surface area contributed by atoms with E-state index in [1.54, 1.807) is 6.26 Å². The SMILES string of the molecule is C[C@]12CC[C@H]3[C@@H](CC[C@@H]4C[C@@H](OC(=O)CCCCCCC(=O)N[C@@H](Cc5cnc[nH]5)C(=O)O)CC[C@@]43CO)[C@@]1(O)CC[C@@H]2c1ccc(=O)oc1. The minimum atomic E-state index is -1.10. The molecule has 1 amide bonds. The maximum absolute atomic E-state index is 12.8. The van der Waals surface area contributed by atoms with Crippen molar-refractivity contribution in [1.29, 1.82) is 0 Å². The van der Waals surface area contributed by atoms with Crippen molar-refractivity contribution in [3.8, 4) is 0 Å². The molecule has 12 nitrogen and oxygen atoms in total. The number of imidazole rings is 1. The number of hydrogen-bond acceptors (Lipinski definition) is 9. The number of aliphatic carboxylic acids is 1. The van der Waals surface area contributed by atoms with E-state index in [2.05, 4.69) is 22.2 Å². The highest BCUT2D eigenvalue weighted by Crippen LogP contribution is 2.70. The average molecular weight is 696 g/mol. The number of H-pyrrole nitrogens is 1. The minimum absolute atomic E-state index is 0.0821. The zero-order valence-electron chi connectivity index (χ0n) is 29.1. The summed E-state index contributed by atoms with van der Waals surface area (Å²) in [6.45, 7) is 2.29. The summed E-state index contributed by atoms with van der Waals surface area (Å²) in [5.41, 5.74) is -0.219. The molecule has 50 heavy (non-hydrogen) atoms. The molecule has 4 saturated carbocycles. The molecule has 0 saturated heterocycles. The third-order valence-electron chi connectivity index (χ3n) is 13.4. The van der Waals surface area contributed by atoms with Crippen LogP contribution in [-0.4, -0.2) is 67.5 Å². The van der Waals surface area contributed by atoms with Crippen LogP contribution < -0.4 is 10.9 Å². The van der Waals surface area contributed by atoms with Crippen molar-refractivity contribution in [3.63, 3.8) is 0 Å². The molecule has 0 unspecified atom stereocenters. The van der Waals surface area contributed by atoms with Crippen LogP contribution in [0.15, 0.2) is 40.1 Å². The zero-order chi connectivity index (χ0) is 35.5. The second-order valence-electron chi connectivity index (χ2n) is 15.8. The third kappa shape index (κ3) is 7.02. The van der Waals surface area contributed by atoms with Crippen LogP contribution in [0.4, 0.5) is 0 Å². The lowest BCUT2D eigenvalue weighted by Crippen LogP contribution is -2.63. The van der Waals surface area contributed by atoms with Crippen molar-refractivity contribution in [3.05, 3.63) is 52.6 Å². The minimum Gasteiger partial charge on any atom is -0.480 e. The van der Waals surface area contributed by atoms with Gasteiger partial charge in [0.15, 0.2) is 0 Å². The van der Waals surface area contributed by atoms with Gasteiger partial charge in [0.25, 0.3) is 0 Å². The van der Waals surface area contributed by atoms with Crippen LogP contribution in [0.3, 0.4) is 0 Å². The quantitative estimate of drug-likeness (QED) is 0.137. The Morgan fingerprint density at radius 2 is 1.84 bits per heavy atom. The number of unbranched alkanes of at least 4 members (excludes halogenated alkanes) is 3. The fraction of sp³-hybridized carbons (Fsp3) is 0.711. The summed E-state index contributed by atoms with van der Waals surface area (Å²) in [5, 5.41) is 35.5. The average Bonchev–Trinajstić information content (AvgIpc) is 3.71. The number of carboxylic acid groups (broad SMARTS) is 1. The number of carbonyl (C=O) groups is 3. The molecule has 0 radical (unpaired) electrons. The van der Waals surface area contributed by atoms with Crippen LogP contribution in [-0.2, 0) is 25.5 Å². The number of nitrogens with zero attached hydrogens (tertiary/aromatic N) is 1. The van der Waals surface area contributed by atoms with Gasteiger partial charge in [-0.15, -0.1) is 0 Å². The molecule has 0 spiro atoms. The van der Waals surface area contributed by atoms with Crippen molar-refractivity contribution in [2.75, 3.05) is 6.61 Å². The molecule has 0 aliphatic heterocycles. The van der Waals surface area contributed by atoms with E-state index in [0.29, 0.717) is 37.8 Å². The van der Waals surface area contributed by atoms with Gasteiger partial charge in [-0.1, -0.05) is 19.8 Å². The van der Waals surface area contributed by atoms with E-state index in [4.69, 9.17) is 9.15 Å². The van der Waals surface area contributed by atoms with Crippen molar-refractivity contribution in [2.24, 2.45) is 28.6 Å². The lowest BCUT2D eigenvalue weighted by atomic mass is 9.43. The lowest BCUT2D eigenvalue weighted by Gasteiger charge is -2.64. The molecule has 4 fully saturated rings. The molecular weight excluding hydrogens is 642 g/mol. The van der Waals surface area contributed by atoms with Gasteiger partial charge in [0.05, 0.1) is 18.2 Å². The van der Waals surface area contributed by atoms with Crippen LogP contribution >= 0.6 is 0 Å². The summed E-state index contributed by atoms with van der Waals surface area (Å²) < 4.78 is 11.2. The highest BCUT2D eigenvalue weighted by molar-refractivity contribution is 5.83. The van der Waals surface area contributed by atoms with Crippen molar-refractivity contribution >= 4 is 17.8 Å². The molecule has 0 aromatic carbocycles. The van der Waals surface area contributed by atoms with E-state index in [1.165, 1.54) is 18.6 Å². The van der Waals surface area contributed by atoms with E-state index in [9.17, 15) is 34.5 Å². The Hall–Kier alpha value is -3.51. The number of aliphatic hydroxyl groups excluding tert-OH is 1. The largest absolute Gasteiger partial charge is 0.480 e. The van der Waals surface area contributed by atoms with Crippen LogP contribution in [0, 0.1) is 28.6 Å². The Kier molecular flexibility index (Phi) is 10.9. The standard InChI is InChI=1S/C38H53N3O9/c1-36-15-13-29-30(38(36,48)17-14-28(36)24-8-11-33(44)49-21-24)10-9-25-18-27(12-16-37(25,29)22-42)50-34(45)7-5-3-2-4-6-32(43)41-31(35(46)47)19-26-20-39-23-40-26/h8,11,20-21,23,25,27-31,42,48H,2-7,9-10,12-19,22H2,1H3,(H,39,40)(H,41,43)(H,46,47)/t25-,27+,28-,29+,30-,31+,36-,37-,38+/m1/s1. The number of hydrogen-bond donors (Lipinski definition) is 5. The molecule has 2 heterocycles. The molecule has 6 rings (SSSR count). The molecule has 274 valence electrons. The van der Waals surface area contributed by atoms with Gasteiger partial charge in [-0.05, 0) is 111 Å². The van der Waals surface area contributed by atoms with E-state index in [1.807, 2.05) is 6.07 Å². The summed E-state index contributed by atoms with van der Waals surface area (Å²) in [5.74, 6) is -0.963. The summed E-state index contributed by atoms with van der Waals surface area (Å²) in [4.78, 5) is 55.0. The number of rotatable bonds is 14. The van der Waals surface area contributed by atoms with Gasteiger partial charge >= 0.3 is 17.6 Å². The third-order valence-corrected chi connectivity index (χ3v) is 13.4. The fourth-order valence-electron chi connectivity index (χ4n) is 10.7. The number of amides is 1. The van der Waals surface area contributed by atoms with Gasteiger partial charge in [-0.3, -0.25) is 9.59 Å². The van der Waals surface area contributed by atoms with E-state index in [0.717, 1.165) is 63.4 Å². The second-order valence-corrected chi connectivity index (χ2v) is 15.8. The monoisotopic (exact) mass is 695 g/mol. The Morgan fingerprint density at radius 3 is 2.54 bits per heavy atom. The highest BCUT2D eigenvalue weighted by atomic mass is 16.5. The highest BCUT2D eigenvalue weighted by Gasteiger charge is 2.68.